The Balaban J connectivity index is 1.90. The number of amides is 1. The number of carbonyl (C=O) groups is 1. The molecule has 1 aliphatic rings. The fraction of sp³-hybridized carbons (Fsp3) is 0.462. The van der Waals surface area contributed by atoms with Crippen molar-refractivity contribution in [1.29, 1.82) is 0 Å². The van der Waals surface area contributed by atoms with Crippen molar-refractivity contribution in [1.82, 2.24) is 5.32 Å². The van der Waals surface area contributed by atoms with Crippen molar-refractivity contribution in [3.63, 3.8) is 0 Å². The highest BCUT2D eigenvalue weighted by molar-refractivity contribution is 5.91. The van der Waals surface area contributed by atoms with Crippen molar-refractivity contribution in [2.45, 2.75) is 19.4 Å². The van der Waals surface area contributed by atoms with Gasteiger partial charge in [-0.25, -0.2) is 4.39 Å². The van der Waals surface area contributed by atoms with Gasteiger partial charge in [0, 0.05) is 18.8 Å². The fourth-order valence-electron chi connectivity index (χ4n) is 1.93. The van der Waals surface area contributed by atoms with Gasteiger partial charge in [-0.1, -0.05) is 0 Å². The lowest BCUT2D eigenvalue weighted by Crippen LogP contribution is -2.40. The number of nitrogens with one attached hydrogen (secondary N) is 2. The van der Waals surface area contributed by atoms with Crippen LogP contribution in [0.5, 0.6) is 0 Å². The van der Waals surface area contributed by atoms with Crippen LogP contribution in [0.3, 0.4) is 0 Å². The fourth-order valence-corrected chi connectivity index (χ4v) is 1.93. The highest BCUT2D eigenvalue weighted by atomic mass is 19.1. The first-order valence-corrected chi connectivity index (χ1v) is 6.03. The summed E-state index contributed by atoms with van der Waals surface area (Å²) in [5.41, 5.74) is 1.36. The summed E-state index contributed by atoms with van der Waals surface area (Å²) in [4.78, 5) is 11.8. The highest BCUT2D eigenvalue weighted by Gasteiger charge is 2.17. The van der Waals surface area contributed by atoms with Crippen LogP contribution < -0.4 is 10.6 Å². The molecule has 0 aliphatic carbocycles. The summed E-state index contributed by atoms with van der Waals surface area (Å²) in [5, 5.41) is 5.94. The van der Waals surface area contributed by atoms with Crippen LogP contribution in [-0.2, 0) is 9.53 Å². The molecule has 0 saturated carbocycles. The van der Waals surface area contributed by atoms with Gasteiger partial charge in [0.25, 0.3) is 0 Å². The number of benzene rings is 1. The van der Waals surface area contributed by atoms with Gasteiger partial charge in [-0.3, -0.25) is 4.79 Å². The van der Waals surface area contributed by atoms with Gasteiger partial charge < -0.3 is 15.4 Å². The summed E-state index contributed by atoms with van der Waals surface area (Å²) in [7, 11) is 0. The number of hydrogen-bond donors (Lipinski definition) is 2. The molecule has 1 amide bonds. The second-order valence-electron chi connectivity index (χ2n) is 4.41. The Morgan fingerprint density at radius 1 is 1.61 bits per heavy atom. The molecular weight excluding hydrogens is 235 g/mol. The van der Waals surface area contributed by atoms with Crippen LogP contribution in [0, 0.1) is 12.7 Å². The predicted octanol–water partition coefficient (Wildman–Crippen LogP) is 1.45. The number of rotatable bonds is 3. The molecule has 1 unspecified atom stereocenters. The smallest absolute Gasteiger partial charge is 0.227 e. The van der Waals surface area contributed by atoms with Crippen LogP contribution in [0.15, 0.2) is 18.2 Å². The number of aryl methyl sites for hydroxylation is 1. The third-order valence-electron chi connectivity index (χ3n) is 2.88. The molecule has 98 valence electrons. The van der Waals surface area contributed by atoms with Crippen molar-refractivity contribution in [2.75, 3.05) is 25.0 Å². The Hall–Kier alpha value is -1.46. The first kappa shape index (κ1) is 13.0. The minimum absolute atomic E-state index is 0.0838. The Bertz CT molecular complexity index is 431. The van der Waals surface area contributed by atoms with E-state index in [9.17, 15) is 9.18 Å². The predicted molar refractivity (Wildman–Crippen MR) is 67.0 cm³/mol. The SMILES string of the molecule is Cc1cc(F)ccc1NC(=O)CC1CNCCO1. The molecule has 5 heteroatoms. The highest BCUT2D eigenvalue weighted by Crippen LogP contribution is 2.16. The normalized spacial score (nSPS) is 19.6. The van der Waals surface area contributed by atoms with Gasteiger partial charge in [0.15, 0.2) is 0 Å². The molecular formula is C13H17FN2O2. The van der Waals surface area contributed by atoms with Gasteiger partial charge in [0.1, 0.15) is 5.82 Å². The van der Waals surface area contributed by atoms with Crippen molar-refractivity contribution in [3.8, 4) is 0 Å². The van der Waals surface area contributed by atoms with Crippen LogP contribution >= 0.6 is 0 Å². The van der Waals surface area contributed by atoms with Crippen molar-refractivity contribution >= 4 is 11.6 Å². The van der Waals surface area contributed by atoms with Gasteiger partial charge in [0.05, 0.1) is 19.1 Å². The standard InChI is InChI=1S/C13H17FN2O2/c1-9-6-10(14)2-3-12(9)16-13(17)7-11-8-15-4-5-18-11/h2-3,6,11,15H,4-5,7-8H2,1H3,(H,16,17). The third kappa shape index (κ3) is 3.51. The van der Waals surface area contributed by atoms with E-state index in [2.05, 4.69) is 10.6 Å². The van der Waals surface area contributed by atoms with Crippen LogP contribution in [0.1, 0.15) is 12.0 Å². The molecule has 0 aromatic heterocycles. The summed E-state index contributed by atoms with van der Waals surface area (Å²) in [5.74, 6) is -0.413. The molecule has 0 radical (unpaired) electrons. The van der Waals surface area contributed by atoms with Crippen LogP contribution in [0.25, 0.3) is 0 Å². The van der Waals surface area contributed by atoms with Gasteiger partial charge in [-0.15, -0.1) is 0 Å². The molecule has 1 fully saturated rings. The number of anilines is 1. The monoisotopic (exact) mass is 252 g/mol. The lowest BCUT2D eigenvalue weighted by molar-refractivity contribution is -0.119. The zero-order chi connectivity index (χ0) is 13.0. The van der Waals surface area contributed by atoms with E-state index in [0.717, 1.165) is 6.54 Å². The largest absolute Gasteiger partial charge is 0.375 e. The molecule has 1 saturated heterocycles. The van der Waals surface area contributed by atoms with Gasteiger partial charge in [-0.05, 0) is 30.7 Å². The molecule has 18 heavy (non-hydrogen) atoms. The molecule has 1 aromatic carbocycles. The second kappa shape index (κ2) is 5.93. The number of hydrogen-bond acceptors (Lipinski definition) is 3. The summed E-state index contributed by atoms with van der Waals surface area (Å²) in [6.45, 7) is 3.91. The number of morpholine rings is 1. The molecule has 1 aromatic rings. The lowest BCUT2D eigenvalue weighted by atomic mass is 10.1. The van der Waals surface area contributed by atoms with E-state index >= 15 is 0 Å². The van der Waals surface area contributed by atoms with Crippen molar-refractivity contribution in [2.24, 2.45) is 0 Å². The zero-order valence-electron chi connectivity index (χ0n) is 10.3. The van der Waals surface area contributed by atoms with E-state index < -0.39 is 0 Å². The Morgan fingerprint density at radius 3 is 3.11 bits per heavy atom. The first-order chi connectivity index (χ1) is 8.65. The van der Waals surface area contributed by atoms with Crippen molar-refractivity contribution < 1.29 is 13.9 Å². The average Bonchev–Trinajstić information content (AvgIpc) is 2.34. The topological polar surface area (TPSA) is 50.4 Å². The average molecular weight is 252 g/mol. The summed E-state index contributed by atoms with van der Waals surface area (Å²) < 4.78 is 18.4. The molecule has 2 rings (SSSR count). The number of carbonyl (C=O) groups excluding carboxylic acids is 1. The van der Waals surface area contributed by atoms with E-state index in [0.29, 0.717) is 30.8 Å². The minimum atomic E-state index is -0.301. The maximum Gasteiger partial charge on any atom is 0.227 e. The van der Waals surface area contributed by atoms with Crippen LogP contribution in [0.2, 0.25) is 0 Å². The Labute approximate surface area is 106 Å². The van der Waals surface area contributed by atoms with Crippen LogP contribution in [0.4, 0.5) is 10.1 Å². The maximum atomic E-state index is 12.9. The molecule has 2 N–H and O–H groups in total. The molecule has 4 nitrogen and oxygen atoms in total. The Morgan fingerprint density at radius 2 is 2.44 bits per heavy atom. The molecule has 1 aliphatic heterocycles. The van der Waals surface area contributed by atoms with E-state index in [1.165, 1.54) is 12.1 Å². The lowest BCUT2D eigenvalue weighted by Gasteiger charge is -2.23. The summed E-state index contributed by atoms with van der Waals surface area (Å²) in [6.07, 6.45) is 0.226. The summed E-state index contributed by atoms with van der Waals surface area (Å²) >= 11 is 0. The molecule has 1 atom stereocenters. The van der Waals surface area contributed by atoms with Crippen LogP contribution in [-0.4, -0.2) is 31.7 Å². The third-order valence-corrected chi connectivity index (χ3v) is 2.88. The molecule has 1 heterocycles. The van der Waals surface area contributed by atoms with Gasteiger partial charge in [-0.2, -0.15) is 0 Å². The molecule has 0 spiro atoms. The van der Waals surface area contributed by atoms with Crippen molar-refractivity contribution in [3.05, 3.63) is 29.6 Å². The zero-order valence-corrected chi connectivity index (χ0v) is 10.3. The van der Waals surface area contributed by atoms with E-state index in [4.69, 9.17) is 4.74 Å². The summed E-state index contributed by atoms with van der Waals surface area (Å²) in [6, 6.07) is 4.30. The number of halogens is 1. The van der Waals surface area contributed by atoms with E-state index in [-0.39, 0.29) is 17.8 Å². The first-order valence-electron chi connectivity index (χ1n) is 6.03. The van der Waals surface area contributed by atoms with Gasteiger partial charge >= 0.3 is 0 Å². The molecule has 0 bridgehead atoms. The minimum Gasteiger partial charge on any atom is -0.375 e. The van der Waals surface area contributed by atoms with Gasteiger partial charge in [0.2, 0.25) is 5.91 Å². The number of ether oxygens (including phenoxy) is 1. The Kier molecular flexibility index (Phi) is 4.28. The second-order valence-corrected chi connectivity index (χ2v) is 4.41. The maximum absolute atomic E-state index is 12.9. The van der Waals surface area contributed by atoms with E-state index in [1.54, 1.807) is 13.0 Å². The quantitative estimate of drug-likeness (QED) is 0.856. The van der Waals surface area contributed by atoms with E-state index in [1.807, 2.05) is 0 Å².